The van der Waals surface area contributed by atoms with Crippen molar-refractivity contribution in [3.8, 4) is 34.2 Å². The van der Waals surface area contributed by atoms with Crippen molar-refractivity contribution in [2.75, 3.05) is 13.2 Å². The van der Waals surface area contributed by atoms with Crippen LogP contribution in [0, 0.1) is 24.8 Å². The van der Waals surface area contributed by atoms with E-state index in [4.69, 9.17) is 45.8 Å². The maximum Gasteiger partial charge on any atom is 0.360 e. The number of nitrogens with zero attached hydrogens (tertiary/aromatic N) is 10. The summed E-state index contributed by atoms with van der Waals surface area (Å²) < 4.78 is 45.1. The van der Waals surface area contributed by atoms with Gasteiger partial charge in [-0.05, 0) is 62.4 Å². The van der Waals surface area contributed by atoms with Gasteiger partial charge in [0.2, 0.25) is 11.4 Å². The number of ether oxygens (including phenoxy) is 2. The molecule has 0 aliphatic rings. The summed E-state index contributed by atoms with van der Waals surface area (Å²) in [4.78, 5) is 39.6. The van der Waals surface area contributed by atoms with Crippen molar-refractivity contribution >= 4 is 68.3 Å². The lowest BCUT2D eigenvalue weighted by atomic mass is 10.1. The van der Waals surface area contributed by atoms with Crippen molar-refractivity contribution in [1.82, 2.24) is 38.7 Å². The van der Waals surface area contributed by atoms with E-state index in [0.29, 0.717) is 38.7 Å². The van der Waals surface area contributed by atoms with Crippen LogP contribution < -0.4 is 0 Å². The first kappa shape index (κ1) is 40.8. The van der Waals surface area contributed by atoms with Crippen LogP contribution in [-0.4, -0.2) is 63.8 Å². The van der Waals surface area contributed by atoms with Gasteiger partial charge in [0.05, 0.1) is 37.4 Å². The molecule has 4 heterocycles. The van der Waals surface area contributed by atoms with Crippen LogP contribution in [0.1, 0.15) is 34.8 Å². The molecule has 4 aromatic heterocycles. The van der Waals surface area contributed by atoms with Gasteiger partial charge in [0.1, 0.15) is 33.6 Å². The van der Waals surface area contributed by atoms with E-state index in [0.717, 1.165) is 16.6 Å². The highest BCUT2D eigenvalue weighted by Gasteiger charge is 2.26. The van der Waals surface area contributed by atoms with Crippen LogP contribution in [0.15, 0.2) is 85.2 Å². The zero-order valence-corrected chi connectivity index (χ0v) is 33.6. The standard InChI is InChI=1S/C21H14Cl2FN5O2.C21H16FN5O2/c1-4-31-21(30)17-19(23)29(12-6-8-15-13(10-12)18(22)28(3)27-15)20(26-17)11-5-7-16(25-2)14(24)9-11;1-4-29-21(28)19-12-27(15-6-8-17-14(9-15)11-26(3)25-17)20(24-19)13-5-7-18(23-2)16(22)10-13/h5-10H,4H2,1,3H3;5-12H,4H2,1,3H3. The Morgan fingerprint density at radius 1 is 0.717 bits per heavy atom. The first-order chi connectivity index (χ1) is 28.8. The molecule has 0 aliphatic carbocycles. The Balaban J connectivity index is 0.000000182. The van der Waals surface area contributed by atoms with Gasteiger partial charge in [-0.2, -0.15) is 10.2 Å². The van der Waals surface area contributed by atoms with Crippen molar-refractivity contribution in [2.24, 2.45) is 14.1 Å². The van der Waals surface area contributed by atoms with E-state index in [9.17, 15) is 18.4 Å². The largest absolute Gasteiger partial charge is 0.461 e. The summed E-state index contributed by atoms with van der Waals surface area (Å²) in [6.45, 7) is 17.8. The normalized spacial score (nSPS) is 10.9. The fourth-order valence-electron chi connectivity index (χ4n) is 6.30. The Morgan fingerprint density at radius 2 is 1.33 bits per heavy atom. The molecule has 0 spiro atoms. The molecule has 8 aromatic rings. The van der Waals surface area contributed by atoms with Gasteiger partial charge in [-0.15, -0.1) is 0 Å². The second-order valence-corrected chi connectivity index (χ2v) is 13.6. The Hall–Kier alpha value is -7.40. The SMILES string of the molecule is [C-]#[N+]c1ccc(-c2nc(C(=O)OCC)c(Cl)n2-c2ccc3nn(C)c(Cl)c3c2)cc1F.[C-]#[N+]c1ccc(-c2nc(C(=O)OCC)cn2-c2ccc3nn(C)cc3c2)cc1F. The van der Waals surface area contributed by atoms with E-state index < -0.39 is 23.6 Å². The number of benzene rings is 4. The molecule has 14 nitrogen and oxygen atoms in total. The van der Waals surface area contributed by atoms with Gasteiger partial charge in [-0.3, -0.25) is 18.5 Å². The lowest BCUT2D eigenvalue weighted by Crippen LogP contribution is -2.06. The number of esters is 2. The maximum absolute atomic E-state index is 14.3. The van der Waals surface area contributed by atoms with Gasteiger partial charge in [0.25, 0.3) is 0 Å². The summed E-state index contributed by atoms with van der Waals surface area (Å²) in [6, 6.07) is 19.2. The minimum atomic E-state index is -0.707. The highest BCUT2D eigenvalue weighted by atomic mass is 35.5. The van der Waals surface area contributed by atoms with Crippen molar-refractivity contribution in [1.29, 1.82) is 0 Å². The fourth-order valence-corrected chi connectivity index (χ4v) is 6.78. The molecular formula is C42H30Cl2F2N10O4. The fraction of sp³-hybridized carbons (Fsp3) is 0.143. The van der Waals surface area contributed by atoms with Crippen LogP contribution in [-0.2, 0) is 23.6 Å². The highest BCUT2D eigenvalue weighted by molar-refractivity contribution is 6.34. The second kappa shape index (κ2) is 16.8. The molecule has 0 N–H and O–H groups in total. The van der Waals surface area contributed by atoms with Crippen LogP contribution in [0.25, 0.3) is 65.6 Å². The quantitative estimate of drug-likeness (QED) is 0.109. The number of aromatic nitrogens is 8. The van der Waals surface area contributed by atoms with Gasteiger partial charge in [-0.25, -0.2) is 38.0 Å². The van der Waals surface area contributed by atoms with Gasteiger partial charge in [0, 0.05) is 59.8 Å². The number of carbonyl (C=O) groups is 2. The number of halogens is 4. The van der Waals surface area contributed by atoms with Gasteiger partial charge in [-0.1, -0.05) is 47.5 Å². The number of rotatable bonds is 8. The molecule has 0 saturated heterocycles. The topological polar surface area (TPSA) is 133 Å². The average Bonchev–Trinajstić information content (AvgIpc) is 4.00. The molecule has 0 aliphatic heterocycles. The van der Waals surface area contributed by atoms with Crippen LogP contribution in [0.5, 0.6) is 0 Å². The maximum atomic E-state index is 14.3. The van der Waals surface area contributed by atoms with Crippen LogP contribution in [0.4, 0.5) is 20.2 Å². The average molecular weight is 848 g/mol. The molecule has 0 saturated carbocycles. The predicted molar refractivity (Wildman–Crippen MR) is 221 cm³/mol. The lowest BCUT2D eigenvalue weighted by Gasteiger charge is -2.10. The minimum Gasteiger partial charge on any atom is -0.461 e. The molecule has 60 heavy (non-hydrogen) atoms. The van der Waals surface area contributed by atoms with Crippen LogP contribution in [0.3, 0.4) is 0 Å². The Labute approximate surface area is 350 Å². The van der Waals surface area contributed by atoms with E-state index >= 15 is 0 Å². The molecule has 8 rings (SSSR count). The van der Waals surface area contributed by atoms with Crippen molar-refractivity contribution < 1.29 is 27.8 Å². The van der Waals surface area contributed by atoms with Gasteiger partial charge < -0.3 is 9.47 Å². The van der Waals surface area contributed by atoms with E-state index in [1.165, 1.54) is 39.6 Å². The summed E-state index contributed by atoms with van der Waals surface area (Å²) in [5, 5.41) is 10.7. The first-order valence-corrected chi connectivity index (χ1v) is 18.7. The lowest BCUT2D eigenvalue weighted by molar-refractivity contribution is 0.0511. The number of fused-ring (bicyclic) bond motifs is 2. The van der Waals surface area contributed by atoms with Gasteiger partial charge in [0.15, 0.2) is 11.4 Å². The molecule has 0 amide bonds. The molecule has 4 aromatic carbocycles. The van der Waals surface area contributed by atoms with Crippen molar-refractivity contribution in [3.05, 3.63) is 141 Å². The number of hydrogen-bond donors (Lipinski definition) is 0. The summed E-state index contributed by atoms with van der Waals surface area (Å²) in [7, 11) is 3.56. The monoisotopic (exact) mass is 846 g/mol. The second-order valence-electron chi connectivity index (χ2n) is 12.9. The molecule has 0 fully saturated rings. The minimum absolute atomic E-state index is 0.00229. The Morgan fingerprint density at radius 3 is 1.97 bits per heavy atom. The third kappa shape index (κ3) is 7.77. The van der Waals surface area contributed by atoms with Crippen molar-refractivity contribution in [2.45, 2.75) is 13.8 Å². The molecular weight excluding hydrogens is 817 g/mol. The molecule has 0 atom stereocenters. The number of aryl methyl sites for hydroxylation is 2. The first-order valence-electron chi connectivity index (χ1n) is 18.0. The third-order valence-corrected chi connectivity index (χ3v) is 9.81. The van der Waals surface area contributed by atoms with Crippen LogP contribution >= 0.6 is 23.2 Å². The summed E-state index contributed by atoms with van der Waals surface area (Å²) in [5.41, 5.74) is 3.36. The smallest absolute Gasteiger partial charge is 0.360 e. The zero-order valence-electron chi connectivity index (χ0n) is 32.1. The molecule has 0 bridgehead atoms. The van der Waals surface area contributed by atoms with E-state index in [-0.39, 0.29) is 47.0 Å². The predicted octanol–water partition coefficient (Wildman–Crippen LogP) is 9.89. The third-order valence-electron chi connectivity index (χ3n) is 9.02. The molecule has 300 valence electrons. The van der Waals surface area contributed by atoms with Crippen molar-refractivity contribution in [3.63, 3.8) is 0 Å². The Bertz CT molecular complexity index is 3080. The summed E-state index contributed by atoms with van der Waals surface area (Å²) in [6.07, 6.45) is 3.44. The summed E-state index contributed by atoms with van der Waals surface area (Å²) in [5.74, 6) is -2.04. The van der Waals surface area contributed by atoms with E-state index in [1.54, 1.807) is 60.6 Å². The Kier molecular flexibility index (Phi) is 11.4. The number of hydrogen-bond acceptors (Lipinski definition) is 8. The number of carbonyl (C=O) groups excluding carboxylic acids is 2. The molecule has 0 radical (unpaired) electrons. The highest BCUT2D eigenvalue weighted by Crippen LogP contribution is 2.35. The summed E-state index contributed by atoms with van der Waals surface area (Å²) >= 11 is 12.9. The van der Waals surface area contributed by atoms with Gasteiger partial charge >= 0.3 is 11.9 Å². The molecule has 0 unspecified atom stereocenters. The number of imidazole rings is 2. The van der Waals surface area contributed by atoms with E-state index in [2.05, 4.69) is 29.9 Å². The molecule has 18 heteroatoms. The zero-order chi connectivity index (χ0) is 42.8. The van der Waals surface area contributed by atoms with Crippen LogP contribution in [0.2, 0.25) is 10.3 Å². The van der Waals surface area contributed by atoms with E-state index in [1.807, 2.05) is 31.4 Å².